The molecule has 84 valence electrons. The normalized spacial score (nSPS) is 26.3. The Morgan fingerprint density at radius 3 is 2.60 bits per heavy atom. The predicted molar refractivity (Wildman–Crippen MR) is 56.0 cm³/mol. The molecule has 0 spiro atoms. The van der Waals surface area contributed by atoms with Crippen molar-refractivity contribution in [3.63, 3.8) is 0 Å². The van der Waals surface area contributed by atoms with Crippen molar-refractivity contribution in [2.24, 2.45) is 11.8 Å². The number of nitrogens with zero attached hydrogens (tertiary/aromatic N) is 1. The van der Waals surface area contributed by atoms with E-state index in [4.69, 9.17) is 10.00 Å². The zero-order chi connectivity index (χ0) is 11.6. The number of hydrogen-bond donors (Lipinski definition) is 1. The first-order valence-corrected chi connectivity index (χ1v) is 5.22. The number of ether oxygens (including phenoxy) is 1. The zero-order valence-corrected chi connectivity index (χ0v) is 9.70. The molecular formula is C11H18N2O2. The summed E-state index contributed by atoms with van der Waals surface area (Å²) in [6, 6.07) is 2.22. The average Bonchev–Trinajstić information content (AvgIpc) is 2.77. The van der Waals surface area contributed by atoms with Gasteiger partial charge < -0.3 is 10.1 Å². The maximum atomic E-state index is 11.4. The Morgan fingerprint density at radius 1 is 1.60 bits per heavy atom. The summed E-state index contributed by atoms with van der Waals surface area (Å²) in [6.07, 6.45) is 0.478. The summed E-state index contributed by atoms with van der Waals surface area (Å²) in [6.45, 7) is 7.39. The minimum Gasteiger partial charge on any atom is -0.444 e. The smallest absolute Gasteiger partial charge is 0.407 e. The highest BCUT2D eigenvalue weighted by Gasteiger charge is 2.42. The fourth-order valence-corrected chi connectivity index (χ4v) is 1.52. The van der Waals surface area contributed by atoms with Gasteiger partial charge in [0.25, 0.3) is 0 Å². The third-order valence-electron chi connectivity index (χ3n) is 2.39. The number of hydrogen-bond acceptors (Lipinski definition) is 3. The SMILES string of the molecule is CC(NC(=O)OC(C)(C)C)C1CC1C#N. The molecule has 0 aromatic carbocycles. The van der Waals surface area contributed by atoms with E-state index in [1.54, 1.807) is 0 Å². The van der Waals surface area contributed by atoms with Crippen molar-refractivity contribution in [2.45, 2.75) is 45.8 Å². The molecule has 1 aliphatic carbocycles. The molecule has 3 unspecified atom stereocenters. The molecule has 1 saturated carbocycles. The van der Waals surface area contributed by atoms with Crippen LogP contribution in [0.1, 0.15) is 34.1 Å². The number of rotatable bonds is 2. The first kappa shape index (κ1) is 11.8. The molecule has 0 aliphatic heterocycles. The third kappa shape index (κ3) is 3.78. The molecular weight excluding hydrogens is 192 g/mol. The van der Waals surface area contributed by atoms with Gasteiger partial charge in [0.2, 0.25) is 0 Å². The van der Waals surface area contributed by atoms with E-state index >= 15 is 0 Å². The van der Waals surface area contributed by atoms with Crippen LogP contribution in [0.2, 0.25) is 0 Å². The lowest BCUT2D eigenvalue weighted by molar-refractivity contribution is 0.0502. The standard InChI is InChI=1S/C11H18N2O2/c1-7(9-5-8(9)6-12)13-10(14)15-11(2,3)4/h7-9H,5H2,1-4H3,(H,13,14). The Bertz CT molecular complexity index is 288. The molecule has 1 rings (SSSR count). The van der Waals surface area contributed by atoms with Crippen LogP contribution in [0.15, 0.2) is 0 Å². The minimum absolute atomic E-state index is 0.0181. The third-order valence-corrected chi connectivity index (χ3v) is 2.39. The Labute approximate surface area is 90.6 Å². The van der Waals surface area contributed by atoms with Crippen molar-refractivity contribution in [3.8, 4) is 6.07 Å². The molecule has 3 atom stereocenters. The van der Waals surface area contributed by atoms with Crippen LogP contribution in [0.5, 0.6) is 0 Å². The first-order valence-electron chi connectivity index (χ1n) is 5.22. The van der Waals surface area contributed by atoms with Gasteiger partial charge in [0.15, 0.2) is 0 Å². The molecule has 0 radical (unpaired) electrons. The van der Waals surface area contributed by atoms with E-state index in [0.29, 0.717) is 5.92 Å². The van der Waals surface area contributed by atoms with Gasteiger partial charge in [-0.1, -0.05) is 0 Å². The Morgan fingerprint density at radius 2 is 2.20 bits per heavy atom. The largest absolute Gasteiger partial charge is 0.444 e. The summed E-state index contributed by atoms with van der Waals surface area (Å²) in [5, 5.41) is 11.4. The molecule has 0 bridgehead atoms. The molecule has 1 fully saturated rings. The van der Waals surface area contributed by atoms with Crippen molar-refractivity contribution < 1.29 is 9.53 Å². The minimum atomic E-state index is -0.470. The van der Waals surface area contributed by atoms with E-state index in [-0.39, 0.29) is 12.0 Å². The van der Waals surface area contributed by atoms with Gasteiger partial charge in [0.1, 0.15) is 5.60 Å². The molecule has 15 heavy (non-hydrogen) atoms. The van der Waals surface area contributed by atoms with Crippen LogP contribution < -0.4 is 5.32 Å². The van der Waals surface area contributed by atoms with Crippen molar-refractivity contribution in [1.82, 2.24) is 5.32 Å². The second-order valence-corrected chi connectivity index (χ2v) is 5.07. The highest BCUT2D eigenvalue weighted by atomic mass is 16.6. The van der Waals surface area contributed by atoms with Crippen LogP contribution in [-0.4, -0.2) is 17.7 Å². The lowest BCUT2D eigenvalue weighted by atomic mass is 10.2. The summed E-state index contributed by atoms with van der Waals surface area (Å²) in [7, 11) is 0. The molecule has 0 heterocycles. The van der Waals surface area contributed by atoms with Gasteiger partial charge in [-0.2, -0.15) is 5.26 Å². The number of alkyl carbamates (subject to hydrolysis) is 1. The van der Waals surface area contributed by atoms with E-state index in [9.17, 15) is 4.79 Å². The van der Waals surface area contributed by atoms with Crippen LogP contribution >= 0.6 is 0 Å². The maximum Gasteiger partial charge on any atom is 0.407 e. The zero-order valence-electron chi connectivity index (χ0n) is 9.70. The number of nitrogens with one attached hydrogen (secondary N) is 1. The van der Waals surface area contributed by atoms with Crippen LogP contribution in [0.3, 0.4) is 0 Å². The quantitative estimate of drug-likeness (QED) is 0.758. The van der Waals surface area contributed by atoms with Crippen LogP contribution in [-0.2, 0) is 4.74 Å². The summed E-state index contributed by atoms with van der Waals surface area (Å²) >= 11 is 0. The molecule has 0 aromatic heterocycles. The maximum absolute atomic E-state index is 11.4. The molecule has 1 amide bonds. The molecule has 4 nitrogen and oxygen atoms in total. The Hall–Kier alpha value is -1.24. The lowest BCUT2D eigenvalue weighted by Crippen LogP contribution is -2.38. The summed E-state index contributed by atoms with van der Waals surface area (Å²) < 4.78 is 5.12. The van der Waals surface area contributed by atoms with Crippen molar-refractivity contribution in [2.75, 3.05) is 0 Å². The monoisotopic (exact) mass is 210 g/mol. The van der Waals surface area contributed by atoms with E-state index in [0.717, 1.165) is 6.42 Å². The van der Waals surface area contributed by atoms with E-state index < -0.39 is 11.7 Å². The number of carbonyl (C=O) groups excluding carboxylic acids is 1. The molecule has 0 saturated heterocycles. The van der Waals surface area contributed by atoms with Crippen LogP contribution in [0.25, 0.3) is 0 Å². The summed E-state index contributed by atoms with van der Waals surface area (Å²) in [4.78, 5) is 11.4. The Kier molecular flexibility index (Phi) is 3.23. The lowest BCUT2D eigenvalue weighted by Gasteiger charge is -2.21. The molecule has 0 aromatic rings. The second-order valence-electron chi connectivity index (χ2n) is 5.07. The fourth-order valence-electron chi connectivity index (χ4n) is 1.52. The van der Waals surface area contributed by atoms with Gasteiger partial charge in [-0.05, 0) is 40.0 Å². The van der Waals surface area contributed by atoms with Crippen molar-refractivity contribution in [1.29, 1.82) is 5.26 Å². The number of amides is 1. The summed E-state index contributed by atoms with van der Waals surface area (Å²) in [5.41, 5.74) is -0.470. The van der Waals surface area contributed by atoms with Gasteiger partial charge in [0.05, 0.1) is 12.0 Å². The molecule has 4 heteroatoms. The topological polar surface area (TPSA) is 62.1 Å². The highest BCUT2D eigenvalue weighted by molar-refractivity contribution is 5.68. The Balaban J connectivity index is 2.31. The van der Waals surface area contributed by atoms with Gasteiger partial charge in [-0.15, -0.1) is 0 Å². The van der Waals surface area contributed by atoms with E-state index in [1.807, 2.05) is 27.7 Å². The average molecular weight is 210 g/mol. The van der Waals surface area contributed by atoms with E-state index in [1.165, 1.54) is 0 Å². The van der Waals surface area contributed by atoms with Gasteiger partial charge in [-0.3, -0.25) is 0 Å². The van der Waals surface area contributed by atoms with Crippen LogP contribution in [0.4, 0.5) is 4.79 Å². The molecule has 1 N–H and O–H groups in total. The van der Waals surface area contributed by atoms with Crippen molar-refractivity contribution >= 4 is 6.09 Å². The van der Waals surface area contributed by atoms with Gasteiger partial charge in [0, 0.05) is 6.04 Å². The fraction of sp³-hybridized carbons (Fsp3) is 0.818. The predicted octanol–water partition coefficient (Wildman–Crippen LogP) is 2.06. The van der Waals surface area contributed by atoms with Crippen molar-refractivity contribution in [3.05, 3.63) is 0 Å². The number of carbonyl (C=O) groups is 1. The second kappa shape index (κ2) is 4.09. The van der Waals surface area contributed by atoms with E-state index in [2.05, 4.69) is 11.4 Å². The van der Waals surface area contributed by atoms with Gasteiger partial charge in [-0.25, -0.2) is 4.79 Å². The molecule has 1 aliphatic rings. The first-order chi connectivity index (χ1) is 6.83. The summed E-state index contributed by atoms with van der Waals surface area (Å²) in [5.74, 6) is 0.400. The highest BCUT2D eigenvalue weighted by Crippen LogP contribution is 2.40. The number of nitriles is 1. The van der Waals surface area contributed by atoms with Gasteiger partial charge >= 0.3 is 6.09 Å². The van der Waals surface area contributed by atoms with Crippen LogP contribution in [0, 0.1) is 23.2 Å².